The minimum Gasteiger partial charge on any atom is -0.464 e. The summed E-state index contributed by atoms with van der Waals surface area (Å²) in [5.74, 6) is 2.43. The van der Waals surface area contributed by atoms with Crippen LogP contribution in [0, 0.1) is 6.92 Å². The van der Waals surface area contributed by atoms with Crippen LogP contribution in [0.25, 0.3) is 0 Å². The van der Waals surface area contributed by atoms with Gasteiger partial charge in [-0.25, -0.2) is 4.98 Å². The van der Waals surface area contributed by atoms with Crippen molar-refractivity contribution in [3.63, 3.8) is 0 Å². The molecule has 1 unspecified atom stereocenters. The van der Waals surface area contributed by atoms with Crippen molar-refractivity contribution in [2.75, 3.05) is 0 Å². The van der Waals surface area contributed by atoms with Crippen LogP contribution in [0.5, 0.6) is 0 Å². The summed E-state index contributed by atoms with van der Waals surface area (Å²) in [6, 6.07) is 3.68. The van der Waals surface area contributed by atoms with Crippen LogP contribution in [0.2, 0.25) is 0 Å². The highest BCUT2D eigenvalue weighted by Gasteiger charge is 2.12. The molecule has 0 aliphatic heterocycles. The minimum absolute atomic E-state index is 0.551. The average molecular weight is 220 g/mol. The molecular weight excluding hydrogens is 204 g/mol. The maximum Gasteiger partial charge on any atom is 0.132 e. The van der Waals surface area contributed by atoms with E-state index in [0.717, 1.165) is 18.0 Å². The van der Waals surface area contributed by atoms with Crippen LogP contribution in [-0.2, 0) is 13.5 Å². The van der Waals surface area contributed by atoms with Crippen molar-refractivity contribution >= 4 is 0 Å². The zero-order valence-corrected chi connectivity index (χ0v) is 9.55. The van der Waals surface area contributed by atoms with E-state index in [0.29, 0.717) is 12.2 Å². The number of nitrogens with zero attached hydrogens (tertiary/aromatic N) is 2. The number of rotatable bonds is 4. The standard InChI is InChI=1S/C12H16N2O2/c1-9-3-5-11(16-9)10(15)4-6-12-13-7-8-14(12)2/h3,5,7-8,10,15H,4,6H2,1-2H3. The Morgan fingerprint density at radius 3 is 2.88 bits per heavy atom. The van der Waals surface area contributed by atoms with Gasteiger partial charge in [-0.1, -0.05) is 0 Å². The van der Waals surface area contributed by atoms with Crippen molar-refractivity contribution in [1.29, 1.82) is 0 Å². The van der Waals surface area contributed by atoms with Crippen molar-refractivity contribution in [2.45, 2.75) is 25.9 Å². The van der Waals surface area contributed by atoms with Gasteiger partial charge in [0.2, 0.25) is 0 Å². The molecule has 0 aromatic carbocycles. The summed E-state index contributed by atoms with van der Waals surface area (Å²) >= 11 is 0. The Morgan fingerprint density at radius 1 is 1.50 bits per heavy atom. The largest absolute Gasteiger partial charge is 0.464 e. The quantitative estimate of drug-likeness (QED) is 0.857. The average Bonchev–Trinajstić information content (AvgIpc) is 2.84. The van der Waals surface area contributed by atoms with Crippen LogP contribution in [0.15, 0.2) is 28.9 Å². The van der Waals surface area contributed by atoms with E-state index in [1.807, 2.05) is 36.9 Å². The second kappa shape index (κ2) is 4.53. The van der Waals surface area contributed by atoms with Gasteiger partial charge in [-0.05, 0) is 25.5 Å². The van der Waals surface area contributed by atoms with Crippen molar-refractivity contribution < 1.29 is 9.52 Å². The molecule has 86 valence electrons. The lowest BCUT2D eigenvalue weighted by molar-refractivity contribution is 0.138. The van der Waals surface area contributed by atoms with Gasteiger partial charge >= 0.3 is 0 Å². The first-order valence-electron chi connectivity index (χ1n) is 5.37. The topological polar surface area (TPSA) is 51.2 Å². The van der Waals surface area contributed by atoms with Crippen LogP contribution in [0.3, 0.4) is 0 Å². The summed E-state index contributed by atoms with van der Waals surface area (Å²) < 4.78 is 7.33. The maximum absolute atomic E-state index is 9.89. The minimum atomic E-state index is -0.551. The van der Waals surface area contributed by atoms with E-state index in [2.05, 4.69) is 4.98 Å². The molecule has 0 saturated carbocycles. The molecule has 16 heavy (non-hydrogen) atoms. The zero-order chi connectivity index (χ0) is 11.5. The van der Waals surface area contributed by atoms with Crippen LogP contribution >= 0.6 is 0 Å². The van der Waals surface area contributed by atoms with E-state index < -0.39 is 6.10 Å². The highest BCUT2D eigenvalue weighted by molar-refractivity contribution is 5.08. The number of hydrogen-bond donors (Lipinski definition) is 1. The van der Waals surface area contributed by atoms with E-state index in [1.165, 1.54) is 0 Å². The second-order valence-corrected chi connectivity index (χ2v) is 3.96. The molecule has 0 aliphatic rings. The molecule has 2 rings (SSSR count). The molecule has 4 heteroatoms. The fourth-order valence-corrected chi connectivity index (χ4v) is 1.68. The molecular formula is C12H16N2O2. The number of aliphatic hydroxyl groups is 1. The van der Waals surface area contributed by atoms with Crippen LogP contribution in [0.1, 0.15) is 29.9 Å². The molecule has 0 saturated heterocycles. The Balaban J connectivity index is 1.93. The van der Waals surface area contributed by atoms with Crippen LogP contribution < -0.4 is 0 Å². The summed E-state index contributed by atoms with van der Waals surface area (Å²) in [4.78, 5) is 4.21. The third kappa shape index (κ3) is 2.33. The van der Waals surface area contributed by atoms with Gasteiger partial charge in [-0.15, -0.1) is 0 Å². The molecule has 2 heterocycles. The Kier molecular flexibility index (Phi) is 3.10. The van der Waals surface area contributed by atoms with E-state index >= 15 is 0 Å². The van der Waals surface area contributed by atoms with Gasteiger partial charge in [0.1, 0.15) is 23.4 Å². The van der Waals surface area contributed by atoms with Gasteiger partial charge in [0, 0.05) is 25.9 Å². The molecule has 1 N–H and O–H groups in total. The van der Waals surface area contributed by atoms with Crippen molar-refractivity contribution in [3.05, 3.63) is 41.9 Å². The van der Waals surface area contributed by atoms with E-state index in [9.17, 15) is 5.11 Å². The molecule has 0 fully saturated rings. The summed E-state index contributed by atoms with van der Waals surface area (Å²) in [5.41, 5.74) is 0. The highest BCUT2D eigenvalue weighted by atomic mass is 16.4. The van der Waals surface area contributed by atoms with Gasteiger partial charge in [0.15, 0.2) is 0 Å². The summed E-state index contributed by atoms with van der Waals surface area (Å²) in [7, 11) is 1.95. The number of imidazole rings is 1. The number of furan rings is 1. The number of aryl methyl sites for hydroxylation is 3. The van der Waals surface area contributed by atoms with Crippen molar-refractivity contribution in [2.24, 2.45) is 7.05 Å². The van der Waals surface area contributed by atoms with Crippen LogP contribution in [-0.4, -0.2) is 14.7 Å². The first kappa shape index (κ1) is 11.0. The monoisotopic (exact) mass is 220 g/mol. The molecule has 0 amide bonds. The third-order valence-corrected chi connectivity index (χ3v) is 2.65. The SMILES string of the molecule is Cc1ccc(C(O)CCc2nccn2C)o1. The Morgan fingerprint density at radius 2 is 2.31 bits per heavy atom. The van der Waals surface area contributed by atoms with Crippen LogP contribution in [0.4, 0.5) is 0 Å². The fourth-order valence-electron chi connectivity index (χ4n) is 1.68. The first-order chi connectivity index (χ1) is 7.66. The van der Waals surface area contributed by atoms with Crippen molar-refractivity contribution in [1.82, 2.24) is 9.55 Å². The lowest BCUT2D eigenvalue weighted by Crippen LogP contribution is -2.02. The summed E-state index contributed by atoms with van der Waals surface area (Å²) in [5, 5.41) is 9.89. The van der Waals surface area contributed by atoms with E-state index in [4.69, 9.17) is 4.42 Å². The predicted octanol–water partition coefficient (Wildman–Crippen LogP) is 1.99. The predicted molar refractivity (Wildman–Crippen MR) is 59.9 cm³/mol. The molecule has 0 aliphatic carbocycles. The molecule has 0 radical (unpaired) electrons. The Labute approximate surface area is 94.5 Å². The second-order valence-electron chi connectivity index (χ2n) is 3.96. The molecule has 1 atom stereocenters. The zero-order valence-electron chi connectivity index (χ0n) is 9.55. The van der Waals surface area contributed by atoms with Gasteiger partial charge < -0.3 is 14.1 Å². The number of hydrogen-bond acceptors (Lipinski definition) is 3. The van der Waals surface area contributed by atoms with Gasteiger partial charge in [0.05, 0.1) is 0 Å². The van der Waals surface area contributed by atoms with Gasteiger partial charge in [0.25, 0.3) is 0 Å². The molecule has 4 nitrogen and oxygen atoms in total. The molecule has 2 aromatic heterocycles. The molecule has 0 bridgehead atoms. The summed E-state index contributed by atoms with van der Waals surface area (Å²) in [6.45, 7) is 1.87. The number of aromatic nitrogens is 2. The summed E-state index contributed by atoms with van der Waals surface area (Å²) in [6.07, 6.45) is 4.48. The van der Waals surface area contributed by atoms with E-state index in [-0.39, 0.29) is 0 Å². The lowest BCUT2D eigenvalue weighted by atomic mass is 10.1. The third-order valence-electron chi connectivity index (χ3n) is 2.65. The first-order valence-corrected chi connectivity index (χ1v) is 5.37. The maximum atomic E-state index is 9.89. The van der Waals surface area contributed by atoms with E-state index in [1.54, 1.807) is 6.20 Å². The molecule has 2 aromatic rings. The lowest BCUT2D eigenvalue weighted by Gasteiger charge is -2.07. The normalized spacial score (nSPS) is 12.9. The van der Waals surface area contributed by atoms with Gasteiger partial charge in [-0.3, -0.25) is 0 Å². The number of aliphatic hydroxyl groups excluding tert-OH is 1. The van der Waals surface area contributed by atoms with Crippen molar-refractivity contribution in [3.8, 4) is 0 Å². The smallest absolute Gasteiger partial charge is 0.132 e. The Bertz CT molecular complexity index is 459. The Hall–Kier alpha value is -1.55. The molecule has 0 spiro atoms. The van der Waals surface area contributed by atoms with Gasteiger partial charge in [-0.2, -0.15) is 0 Å². The highest BCUT2D eigenvalue weighted by Crippen LogP contribution is 2.20. The fraction of sp³-hybridized carbons (Fsp3) is 0.417.